The molecule has 160 valence electrons. The molecule has 0 aliphatic heterocycles. The fraction of sp³-hybridized carbons (Fsp3) is 0.0303. The Morgan fingerprint density at radius 3 is 1.94 bits per heavy atom. The molecule has 0 radical (unpaired) electrons. The topological polar surface area (TPSA) is 0 Å². The van der Waals surface area contributed by atoms with Gasteiger partial charge in [0.15, 0.2) is 0 Å². The maximum atomic E-state index is 2.37. The first-order chi connectivity index (χ1) is 16.8. The van der Waals surface area contributed by atoms with Gasteiger partial charge in [-0.15, -0.1) is 11.3 Å². The number of aryl methyl sites for hydroxylation is 1. The highest BCUT2D eigenvalue weighted by atomic mass is 32.1. The van der Waals surface area contributed by atoms with Crippen LogP contribution in [0.1, 0.15) is 5.56 Å². The van der Waals surface area contributed by atoms with Gasteiger partial charge < -0.3 is 0 Å². The van der Waals surface area contributed by atoms with Crippen LogP contribution >= 0.6 is 11.3 Å². The lowest BCUT2D eigenvalue weighted by Crippen LogP contribution is -1.91. The number of fused-ring (bicyclic) bond motifs is 5. The standard InChI is InChI=1S/C33H22S/c1-21-18-19-25-28(20-21)32(24-13-6-5-12-23(24)31(25)22-10-3-2-4-11-22)27-15-9-17-30-33(27)26-14-7-8-16-29(26)34-30/h2-20H,1H3. The predicted octanol–water partition coefficient (Wildman–Crippen LogP) is 10.0. The molecule has 0 N–H and O–H groups in total. The SMILES string of the molecule is Cc1ccc2c(-c3ccccc3)c3ccccc3c(-c3cccc4sc5ccccc5c34)c2c1. The molecule has 0 amide bonds. The summed E-state index contributed by atoms with van der Waals surface area (Å²) in [6, 6.07) is 42.3. The maximum Gasteiger partial charge on any atom is 0.0361 e. The van der Waals surface area contributed by atoms with Gasteiger partial charge in [-0.25, -0.2) is 0 Å². The summed E-state index contributed by atoms with van der Waals surface area (Å²) in [6.45, 7) is 2.20. The number of thiophene rings is 1. The van der Waals surface area contributed by atoms with Gasteiger partial charge in [-0.05, 0) is 62.9 Å². The van der Waals surface area contributed by atoms with Crippen molar-refractivity contribution in [2.75, 3.05) is 0 Å². The van der Waals surface area contributed by atoms with Gasteiger partial charge in [0.25, 0.3) is 0 Å². The Hall–Kier alpha value is -3.94. The predicted molar refractivity (Wildman–Crippen MR) is 150 cm³/mol. The second kappa shape index (κ2) is 7.55. The molecule has 0 saturated carbocycles. The quantitative estimate of drug-likeness (QED) is 0.230. The van der Waals surface area contributed by atoms with E-state index in [2.05, 4.69) is 122 Å². The summed E-state index contributed by atoms with van der Waals surface area (Å²) in [5.74, 6) is 0. The van der Waals surface area contributed by atoms with E-state index in [4.69, 9.17) is 0 Å². The van der Waals surface area contributed by atoms with Crippen LogP contribution in [-0.4, -0.2) is 0 Å². The molecule has 0 bridgehead atoms. The normalized spacial score (nSPS) is 11.7. The van der Waals surface area contributed by atoms with Crippen molar-refractivity contribution in [3.63, 3.8) is 0 Å². The first-order valence-corrected chi connectivity index (χ1v) is 12.5. The molecule has 0 aliphatic rings. The molecule has 1 heteroatoms. The highest BCUT2D eigenvalue weighted by Crippen LogP contribution is 2.47. The average Bonchev–Trinajstić information content (AvgIpc) is 3.27. The first kappa shape index (κ1) is 19.5. The van der Waals surface area contributed by atoms with Gasteiger partial charge in [0.2, 0.25) is 0 Å². The van der Waals surface area contributed by atoms with Gasteiger partial charge >= 0.3 is 0 Å². The van der Waals surface area contributed by atoms with E-state index in [1.54, 1.807) is 0 Å². The Labute approximate surface area is 202 Å². The number of hydrogen-bond donors (Lipinski definition) is 0. The van der Waals surface area contributed by atoms with Crippen molar-refractivity contribution in [3.8, 4) is 22.3 Å². The Morgan fingerprint density at radius 2 is 1.12 bits per heavy atom. The summed E-state index contributed by atoms with van der Waals surface area (Å²) in [6.07, 6.45) is 0. The summed E-state index contributed by atoms with van der Waals surface area (Å²) in [7, 11) is 0. The van der Waals surface area contributed by atoms with Crippen molar-refractivity contribution in [2.45, 2.75) is 6.92 Å². The lowest BCUT2D eigenvalue weighted by molar-refractivity contribution is 1.51. The molecule has 34 heavy (non-hydrogen) atoms. The van der Waals surface area contributed by atoms with Crippen molar-refractivity contribution in [2.24, 2.45) is 0 Å². The Morgan fingerprint density at radius 1 is 0.471 bits per heavy atom. The van der Waals surface area contributed by atoms with E-state index < -0.39 is 0 Å². The Bertz CT molecular complexity index is 1860. The van der Waals surface area contributed by atoms with E-state index in [0.29, 0.717) is 0 Å². The molecule has 7 aromatic rings. The number of benzene rings is 6. The summed E-state index contributed by atoms with van der Waals surface area (Å²) < 4.78 is 2.69. The Kier molecular flexibility index (Phi) is 4.33. The fourth-order valence-electron chi connectivity index (χ4n) is 5.48. The minimum Gasteiger partial charge on any atom is -0.135 e. The molecular weight excluding hydrogens is 428 g/mol. The van der Waals surface area contributed by atoms with Crippen LogP contribution in [0, 0.1) is 6.92 Å². The second-order valence-electron chi connectivity index (χ2n) is 8.99. The van der Waals surface area contributed by atoms with Gasteiger partial charge in [-0.3, -0.25) is 0 Å². The Balaban J connectivity index is 1.73. The minimum absolute atomic E-state index is 1.26. The highest BCUT2D eigenvalue weighted by molar-refractivity contribution is 7.25. The maximum absolute atomic E-state index is 2.37. The molecule has 0 saturated heterocycles. The molecule has 0 nitrogen and oxygen atoms in total. The highest BCUT2D eigenvalue weighted by Gasteiger charge is 2.19. The van der Waals surface area contributed by atoms with Crippen LogP contribution < -0.4 is 0 Å². The van der Waals surface area contributed by atoms with Crippen LogP contribution in [0.2, 0.25) is 0 Å². The molecule has 7 rings (SSSR count). The van der Waals surface area contributed by atoms with Crippen molar-refractivity contribution in [1.82, 2.24) is 0 Å². The average molecular weight is 451 g/mol. The third-order valence-corrected chi connectivity index (χ3v) is 8.05. The van der Waals surface area contributed by atoms with Crippen LogP contribution in [0.15, 0.2) is 115 Å². The van der Waals surface area contributed by atoms with Crippen LogP contribution in [-0.2, 0) is 0 Å². The van der Waals surface area contributed by atoms with Crippen LogP contribution in [0.25, 0.3) is 64.0 Å². The van der Waals surface area contributed by atoms with Crippen LogP contribution in [0.4, 0.5) is 0 Å². The molecule has 0 atom stereocenters. The molecular formula is C33H22S. The summed E-state index contributed by atoms with van der Waals surface area (Å²) >= 11 is 1.88. The van der Waals surface area contributed by atoms with Crippen molar-refractivity contribution >= 4 is 53.1 Å². The molecule has 0 fully saturated rings. The van der Waals surface area contributed by atoms with E-state index in [1.165, 1.54) is 69.5 Å². The molecule has 0 unspecified atom stereocenters. The largest absolute Gasteiger partial charge is 0.135 e. The monoisotopic (exact) mass is 450 g/mol. The van der Waals surface area contributed by atoms with E-state index in [0.717, 1.165) is 0 Å². The van der Waals surface area contributed by atoms with Gasteiger partial charge in [0.1, 0.15) is 0 Å². The first-order valence-electron chi connectivity index (χ1n) is 11.7. The van der Waals surface area contributed by atoms with Crippen molar-refractivity contribution in [1.29, 1.82) is 0 Å². The third-order valence-electron chi connectivity index (χ3n) is 6.91. The van der Waals surface area contributed by atoms with E-state index >= 15 is 0 Å². The summed E-state index contributed by atoms with van der Waals surface area (Å²) in [5.41, 5.74) is 6.52. The lowest BCUT2D eigenvalue weighted by Gasteiger charge is -2.19. The second-order valence-corrected chi connectivity index (χ2v) is 10.1. The zero-order valence-electron chi connectivity index (χ0n) is 18.9. The van der Waals surface area contributed by atoms with Gasteiger partial charge in [-0.1, -0.05) is 109 Å². The van der Waals surface area contributed by atoms with Gasteiger partial charge in [-0.2, -0.15) is 0 Å². The number of rotatable bonds is 2. The van der Waals surface area contributed by atoms with E-state index in [1.807, 2.05) is 11.3 Å². The zero-order chi connectivity index (χ0) is 22.6. The molecule has 1 heterocycles. The fourth-order valence-corrected chi connectivity index (χ4v) is 6.61. The molecule has 1 aromatic heterocycles. The van der Waals surface area contributed by atoms with Gasteiger partial charge in [0, 0.05) is 20.2 Å². The van der Waals surface area contributed by atoms with Crippen LogP contribution in [0.3, 0.4) is 0 Å². The number of hydrogen-bond acceptors (Lipinski definition) is 1. The zero-order valence-corrected chi connectivity index (χ0v) is 19.7. The van der Waals surface area contributed by atoms with Gasteiger partial charge in [0.05, 0.1) is 0 Å². The minimum atomic E-state index is 1.26. The van der Waals surface area contributed by atoms with Crippen molar-refractivity contribution < 1.29 is 0 Å². The molecule has 6 aromatic carbocycles. The molecule has 0 spiro atoms. The van der Waals surface area contributed by atoms with E-state index in [9.17, 15) is 0 Å². The van der Waals surface area contributed by atoms with Crippen LogP contribution in [0.5, 0.6) is 0 Å². The summed E-state index contributed by atoms with van der Waals surface area (Å²) in [5, 5.41) is 7.94. The third kappa shape index (κ3) is 2.84. The smallest absolute Gasteiger partial charge is 0.0361 e. The summed E-state index contributed by atoms with van der Waals surface area (Å²) in [4.78, 5) is 0. The lowest BCUT2D eigenvalue weighted by atomic mass is 9.84. The van der Waals surface area contributed by atoms with Crippen molar-refractivity contribution in [3.05, 3.63) is 121 Å². The van der Waals surface area contributed by atoms with E-state index in [-0.39, 0.29) is 0 Å². The molecule has 0 aliphatic carbocycles.